The minimum Gasteiger partial charge on any atom is -0.497 e. The fourth-order valence-electron chi connectivity index (χ4n) is 1.43. The Morgan fingerprint density at radius 3 is 2.50 bits per heavy atom. The van der Waals surface area contributed by atoms with Crippen LogP contribution in [0.5, 0.6) is 5.75 Å². The predicted octanol–water partition coefficient (Wildman–Crippen LogP) is 2.15. The average molecular weight is 221 g/mol. The van der Waals surface area contributed by atoms with Gasteiger partial charge in [0.05, 0.1) is 13.2 Å². The summed E-state index contributed by atoms with van der Waals surface area (Å²) in [5.41, 5.74) is 1.15. The number of carbonyl (C=O) groups excluding carboxylic acids is 1. The van der Waals surface area contributed by atoms with Gasteiger partial charge in [0.15, 0.2) is 0 Å². The molecular formula is C13H19NO2. The van der Waals surface area contributed by atoms with Gasteiger partial charge in [-0.25, -0.2) is 0 Å². The molecule has 0 fully saturated rings. The first-order chi connectivity index (χ1) is 7.67. The van der Waals surface area contributed by atoms with Gasteiger partial charge in [0.1, 0.15) is 11.5 Å². The highest BCUT2D eigenvalue weighted by Gasteiger charge is 2.08. The highest BCUT2D eigenvalue weighted by atomic mass is 16.5. The van der Waals surface area contributed by atoms with Gasteiger partial charge in [-0.2, -0.15) is 0 Å². The van der Waals surface area contributed by atoms with Crippen LogP contribution in [0.1, 0.15) is 25.8 Å². The average Bonchev–Trinajstić information content (AvgIpc) is 2.35. The zero-order valence-corrected chi connectivity index (χ0v) is 10.1. The second-order valence-corrected chi connectivity index (χ2v) is 3.77. The monoisotopic (exact) mass is 221 g/mol. The summed E-state index contributed by atoms with van der Waals surface area (Å²) < 4.78 is 5.08. The molecule has 0 aliphatic carbocycles. The molecule has 3 heteroatoms. The van der Waals surface area contributed by atoms with Crippen molar-refractivity contribution in [2.75, 3.05) is 7.11 Å². The first-order valence-corrected chi connectivity index (χ1v) is 5.56. The Kier molecular flexibility index (Phi) is 4.99. The quantitative estimate of drug-likeness (QED) is 0.800. The van der Waals surface area contributed by atoms with Crippen molar-refractivity contribution in [1.29, 1.82) is 0 Å². The molecule has 0 aliphatic heterocycles. The van der Waals surface area contributed by atoms with E-state index in [0.717, 1.165) is 11.3 Å². The molecule has 1 aromatic rings. The van der Waals surface area contributed by atoms with Gasteiger partial charge in [0.25, 0.3) is 0 Å². The van der Waals surface area contributed by atoms with Crippen LogP contribution in [-0.4, -0.2) is 18.9 Å². The molecule has 0 saturated carbocycles. The van der Waals surface area contributed by atoms with Gasteiger partial charge in [0, 0.05) is 13.0 Å². The van der Waals surface area contributed by atoms with E-state index in [2.05, 4.69) is 5.32 Å². The molecule has 0 heterocycles. The molecular weight excluding hydrogens is 202 g/mol. The van der Waals surface area contributed by atoms with Crippen LogP contribution >= 0.6 is 0 Å². The predicted molar refractivity (Wildman–Crippen MR) is 64.6 cm³/mol. The minimum atomic E-state index is -0.0768. The Bertz CT molecular complexity index is 332. The number of hydrogen-bond donors (Lipinski definition) is 1. The lowest BCUT2D eigenvalue weighted by molar-refractivity contribution is -0.120. The summed E-state index contributed by atoms with van der Waals surface area (Å²) in [5, 5.41) is 3.20. The number of nitrogens with one attached hydrogen (secondary N) is 1. The van der Waals surface area contributed by atoms with Crippen LogP contribution in [0.4, 0.5) is 0 Å². The molecule has 0 saturated heterocycles. The molecule has 1 unspecified atom stereocenters. The fraction of sp³-hybridized carbons (Fsp3) is 0.462. The topological polar surface area (TPSA) is 38.3 Å². The largest absolute Gasteiger partial charge is 0.497 e. The standard InChI is InChI=1S/C13H19NO2/c1-4-13(15)10(2)14-9-11-5-7-12(16-3)8-6-11/h5-8,10,14H,4,9H2,1-3H3. The van der Waals surface area contributed by atoms with Crippen molar-refractivity contribution < 1.29 is 9.53 Å². The number of Topliss-reactive ketones (excluding diaryl/α,β-unsaturated/α-hetero) is 1. The minimum absolute atomic E-state index is 0.0768. The van der Waals surface area contributed by atoms with E-state index in [1.807, 2.05) is 38.1 Å². The van der Waals surface area contributed by atoms with E-state index >= 15 is 0 Å². The number of carbonyl (C=O) groups is 1. The Balaban J connectivity index is 2.45. The van der Waals surface area contributed by atoms with Crippen LogP contribution in [0.3, 0.4) is 0 Å². The molecule has 0 bridgehead atoms. The highest BCUT2D eigenvalue weighted by Crippen LogP contribution is 2.11. The Morgan fingerprint density at radius 2 is 2.00 bits per heavy atom. The summed E-state index contributed by atoms with van der Waals surface area (Å²) in [5.74, 6) is 1.09. The van der Waals surface area contributed by atoms with Gasteiger partial charge >= 0.3 is 0 Å². The van der Waals surface area contributed by atoms with E-state index in [0.29, 0.717) is 13.0 Å². The van der Waals surface area contributed by atoms with Crippen molar-refractivity contribution in [1.82, 2.24) is 5.32 Å². The summed E-state index contributed by atoms with van der Waals surface area (Å²) in [4.78, 5) is 11.4. The van der Waals surface area contributed by atoms with Crippen molar-refractivity contribution in [3.05, 3.63) is 29.8 Å². The van der Waals surface area contributed by atoms with Crippen LogP contribution in [0.2, 0.25) is 0 Å². The number of ketones is 1. The zero-order chi connectivity index (χ0) is 12.0. The van der Waals surface area contributed by atoms with Gasteiger partial charge in [-0.15, -0.1) is 0 Å². The molecule has 88 valence electrons. The van der Waals surface area contributed by atoms with Crippen molar-refractivity contribution in [3.63, 3.8) is 0 Å². The van der Waals surface area contributed by atoms with E-state index in [-0.39, 0.29) is 11.8 Å². The van der Waals surface area contributed by atoms with Crippen LogP contribution in [0, 0.1) is 0 Å². The number of rotatable bonds is 6. The van der Waals surface area contributed by atoms with E-state index < -0.39 is 0 Å². The molecule has 16 heavy (non-hydrogen) atoms. The SMILES string of the molecule is CCC(=O)C(C)NCc1ccc(OC)cc1. The maximum absolute atomic E-state index is 11.4. The number of methoxy groups -OCH3 is 1. The first-order valence-electron chi connectivity index (χ1n) is 5.56. The molecule has 0 spiro atoms. The van der Waals surface area contributed by atoms with Crippen LogP contribution in [0.15, 0.2) is 24.3 Å². The Hall–Kier alpha value is -1.35. The van der Waals surface area contributed by atoms with Crippen molar-refractivity contribution >= 4 is 5.78 Å². The number of benzene rings is 1. The molecule has 1 N–H and O–H groups in total. The summed E-state index contributed by atoms with van der Waals surface area (Å²) in [7, 11) is 1.65. The second-order valence-electron chi connectivity index (χ2n) is 3.77. The van der Waals surface area contributed by atoms with Crippen LogP contribution in [0.25, 0.3) is 0 Å². The second kappa shape index (κ2) is 6.28. The van der Waals surface area contributed by atoms with E-state index in [4.69, 9.17) is 4.74 Å². The van der Waals surface area contributed by atoms with Crippen LogP contribution < -0.4 is 10.1 Å². The summed E-state index contributed by atoms with van der Waals surface area (Å²) in [6.45, 7) is 4.49. The molecule has 1 atom stereocenters. The number of hydrogen-bond acceptors (Lipinski definition) is 3. The van der Waals surface area contributed by atoms with Gasteiger partial charge in [0.2, 0.25) is 0 Å². The lowest BCUT2D eigenvalue weighted by atomic mass is 10.1. The van der Waals surface area contributed by atoms with Gasteiger partial charge < -0.3 is 10.1 Å². The smallest absolute Gasteiger partial charge is 0.149 e. The normalized spacial score (nSPS) is 12.2. The molecule has 1 rings (SSSR count). The molecule has 0 aliphatic rings. The van der Waals surface area contributed by atoms with E-state index in [1.54, 1.807) is 7.11 Å². The Morgan fingerprint density at radius 1 is 1.38 bits per heavy atom. The maximum Gasteiger partial charge on any atom is 0.149 e. The van der Waals surface area contributed by atoms with E-state index in [9.17, 15) is 4.79 Å². The first kappa shape index (κ1) is 12.7. The third kappa shape index (κ3) is 3.66. The van der Waals surface area contributed by atoms with E-state index in [1.165, 1.54) is 0 Å². The van der Waals surface area contributed by atoms with Gasteiger partial charge in [-0.05, 0) is 24.6 Å². The summed E-state index contributed by atoms with van der Waals surface area (Å²) in [6.07, 6.45) is 0.580. The van der Waals surface area contributed by atoms with Crippen LogP contribution in [-0.2, 0) is 11.3 Å². The van der Waals surface area contributed by atoms with Crippen molar-refractivity contribution in [2.24, 2.45) is 0 Å². The zero-order valence-electron chi connectivity index (χ0n) is 10.1. The third-order valence-corrected chi connectivity index (χ3v) is 2.60. The summed E-state index contributed by atoms with van der Waals surface area (Å²) >= 11 is 0. The molecule has 3 nitrogen and oxygen atoms in total. The molecule has 0 radical (unpaired) electrons. The molecule has 0 aromatic heterocycles. The van der Waals surface area contributed by atoms with Crippen molar-refractivity contribution in [3.8, 4) is 5.75 Å². The molecule has 1 aromatic carbocycles. The highest BCUT2D eigenvalue weighted by molar-refractivity contribution is 5.83. The Labute approximate surface area is 96.8 Å². The third-order valence-electron chi connectivity index (χ3n) is 2.60. The summed E-state index contributed by atoms with van der Waals surface area (Å²) in [6, 6.07) is 7.75. The van der Waals surface area contributed by atoms with Crippen molar-refractivity contribution in [2.45, 2.75) is 32.9 Å². The van der Waals surface area contributed by atoms with Gasteiger partial charge in [-0.3, -0.25) is 4.79 Å². The van der Waals surface area contributed by atoms with Gasteiger partial charge in [-0.1, -0.05) is 19.1 Å². The lowest BCUT2D eigenvalue weighted by Gasteiger charge is -2.11. The fourth-order valence-corrected chi connectivity index (χ4v) is 1.43. The molecule has 0 amide bonds. The maximum atomic E-state index is 11.4. The lowest BCUT2D eigenvalue weighted by Crippen LogP contribution is -2.32. The number of ether oxygens (including phenoxy) is 1.